The number of halogens is 1. The van der Waals surface area contributed by atoms with Gasteiger partial charge in [-0.2, -0.15) is 0 Å². The molecule has 1 aromatic rings. The molecule has 1 rings (SSSR count). The highest BCUT2D eigenvalue weighted by atomic mass is 35.5. The Labute approximate surface area is 78.9 Å². The Morgan fingerprint density at radius 1 is 1.69 bits per heavy atom. The van der Waals surface area contributed by atoms with E-state index in [-0.39, 0.29) is 11.0 Å². The molecule has 0 fully saturated rings. The molecule has 5 nitrogen and oxygen atoms in total. The largest absolute Gasteiger partial charge is 0.478 e. The van der Waals surface area contributed by atoms with Crippen LogP contribution in [0.3, 0.4) is 0 Å². The Kier molecular flexibility index (Phi) is 2.81. The summed E-state index contributed by atoms with van der Waals surface area (Å²) in [6.07, 6.45) is 3.55. The second-order valence-corrected chi connectivity index (χ2v) is 2.50. The number of aromatic nitrogens is 2. The van der Waals surface area contributed by atoms with Crippen LogP contribution in [0.25, 0.3) is 6.08 Å². The zero-order chi connectivity index (χ0) is 9.84. The minimum absolute atomic E-state index is 0.0625. The number of carbonyl (C=O) groups is 1. The fourth-order valence-electron chi connectivity index (χ4n) is 0.625. The molecule has 3 N–H and O–H groups in total. The Morgan fingerprint density at radius 3 is 2.92 bits per heavy atom. The number of nitrogen functional groups attached to an aromatic ring is 1. The summed E-state index contributed by atoms with van der Waals surface area (Å²) in [6.45, 7) is 0. The molecule has 1 heterocycles. The van der Waals surface area contributed by atoms with Crippen molar-refractivity contribution in [1.82, 2.24) is 9.97 Å². The van der Waals surface area contributed by atoms with Crippen LogP contribution in [0.1, 0.15) is 5.69 Å². The Morgan fingerprint density at radius 2 is 2.38 bits per heavy atom. The van der Waals surface area contributed by atoms with E-state index in [1.54, 1.807) is 0 Å². The van der Waals surface area contributed by atoms with Crippen LogP contribution < -0.4 is 5.73 Å². The summed E-state index contributed by atoms with van der Waals surface area (Å²) >= 11 is 5.55. The van der Waals surface area contributed by atoms with Crippen LogP contribution >= 0.6 is 11.6 Å². The third-order valence-corrected chi connectivity index (χ3v) is 1.45. The Hall–Kier alpha value is -1.62. The molecule has 0 spiro atoms. The molecular formula is C7H6ClN3O2. The molecule has 6 heteroatoms. The van der Waals surface area contributed by atoms with Gasteiger partial charge in [0.05, 0.1) is 11.9 Å². The van der Waals surface area contributed by atoms with E-state index in [9.17, 15) is 4.79 Å². The van der Waals surface area contributed by atoms with Gasteiger partial charge in [0.2, 0.25) is 0 Å². The predicted octanol–water partition coefficient (Wildman–Crippen LogP) is 0.810. The second kappa shape index (κ2) is 3.86. The maximum atomic E-state index is 10.1. The van der Waals surface area contributed by atoms with Gasteiger partial charge in [-0.25, -0.2) is 14.8 Å². The summed E-state index contributed by atoms with van der Waals surface area (Å²) in [4.78, 5) is 17.6. The smallest absolute Gasteiger partial charge is 0.328 e. The summed E-state index contributed by atoms with van der Waals surface area (Å²) in [5, 5.41) is 8.37. The normalized spacial score (nSPS) is 10.5. The summed E-state index contributed by atoms with van der Waals surface area (Å²) in [7, 11) is 0. The molecule has 0 aliphatic rings. The molecule has 68 valence electrons. The Bertz CT molecular complexity index is 365. The van der Waals surface area contributed by atoms with E-state index in [0.717, 1.165) is 6.08 Å². The Balaban J connectivity index is 2.92. The number of carboxylic acid groups (broad SMARTS) is 1. The molecule has 0 saturated carbocycles. The van der Waals surface area contributed by atoms with E-state index in [0.29, 0.717) is 5.69 Å². The molecule has 0 saturated heterocycles. The van der Waals surface area contributed by atoms with Crippen molar-refractivity contribution >= 4 is 29.5 Å². The molecule has 0 radical (unpaired) electrons. The summed E-state index contributed by atoms with van der Waals surface area (Å²) < 4.78 is 0. The molecule has 0 atom stereocenters. The van der Waals surface area contributed by atoms with Crippen molar-refractivity contribution in [2.24, 2.45) is 0 Å². The van der Waals surface area contributed by atoms with Gasteiger partial charge in [0, 0.05) is 6.08 Å². The number of nitrogens with zero attached hydrogens (tertiary/aromatic N) is 2. The summed E-state index contributed by atoms with van der Waals surface area (Å²) in [6, 6.07) is 0. The van der Waals surface area contributed by atoms with Crippen molar-refractivity contribution in [3.63, 3.8) is 0 Å². The van der Waals surface area contributed by atoms with Crippen molar-refractivity contribution in [2.45, 2.75) is 0 Å². The number of hydrogen-bond donors (Lipinski definition) is 2. The lowest BCUT2D eigenvalue weighted by molar-refractivity contribution is -0.131. The molecule has 1 aromatic heterocycles. The zero-order valence-corrected chi connectivity index (χ0v) is 7.19. The predicted molar refractivity (Wildman–Crippen MR) is 48.1 cm³/mol. The topological polar surface area (TPSA) is 89.1 Å². The molecular weight excluding hydrogens is 194 g/mol. The molecule has 0 bridgehead atoms. The van der Waals surface area contributed by atoms with Gasteiger partial charge in [0.15, 0.2) is 11.0 Å². The first-order chi connectivity index (χ1) is 6.09. The van der Waals surface area contributed by atoms with E-state index >= 15 is 0 Å². The first-order valence-corrected chi connectivity index (χ1v) is 3.66. The standard InChI is InChI=1S/C7H6ClN3O2/c8-6-7(9)10-3-4(11-6)1-2-5(12)13/h1-3H,(H2,9,10)(H,12,13). The summed E-state index contributed by atoms with van der Waals surface area (Å²) in [5.41, 5.74) is 5.65. The highest BCUT2D eigenvalue weighted by molar-refractivity contribution is 6.31. The third kappa shape index (κ3) is 2.72. The number of nitrogens with two attached hydrogens (primary N) is 1. The lowest BCUT2D eigenvalue weighted by Gasteiger charge is -1.95. The van der Waals surface area contributed by atoms with E-state index < -0.39 is 5.97 Å². The van der Waals surface area contributed by atoms with Crippen LogP contribution in [-0.4, -0.2) is 21.0 Å². The average Bonchev–Trinajstić information content (AvgIpc) is 2.07. The maximum absolute atomic E-state index is 10.1. The lowest BCUT2D eigenvalue weighted by Crippen LogP contribution is -1.95. The van der Waals surface area contributed by atoms with Gasteiger partial charge in [-0.1, -0.05) is 11.6 Å². The SMILES string of the molecule is Nc1ncc(C=CC(=O)O)nc1Cl. The van der Waals surface area contributed by atoms with Crippen LogP contribution in [0, 0.1) is 0 Å². The highest BCUT2D eigenvalue weighted by Crippen LogP contribution is 2.12. The van der Waals surface area contributed by atoms with Crippen molar-refractivity contribution in [3.8, 4) is 0 Å². The zero-order valence-electron chi connectivity index (χ0n) is 6.44. The van der Waals surface area contributed by atoms with Gasteiger partial charge in [0.1, 0.15) is 0 Å². The van der Waals surface area contributed by atoms with Crippen molar-refractivity contribution in [2.75, 3.05) is 5.73 Å². The fraction of sp³-hybridized carbons (Fsp3) is 0. The maximum Gasteiger partial charge on any atom is 0.328 e. The lowest BCUT2D eigenvalue weighted by atomic mass is 10.4. The third-order valence-electron chi connectivity index (χ3n) is 1.17. The van der Waals surface area contributed by atoms with Gasteiger partial charge >= 0.3 is 5.97 Å². The van der Waals surface area contributed by atoms with E-state index in [2.05, 4.69) is 9.97 Å². The van der Waals surface area contributed by atoms with E-state index in [1.165, 1.54) is 12.3 Å². The minimum Gasteiger partial charge on any atom is -0.478 e. The first-order valence-electron chi connectivity index (χ1n) is 3.28. The molecule has 0 aromatic carbocycles. The van der Waals surface area contributed by atoms with Gasteiger partial charge < -0.3 is 10.8 Å². The van der Waals surface area contributed by atoms with Gasteiger partial charge in [0.25, 0.3) is 0 Å². The van der Waals surface area contributed by atoms with Gasteiger partial charge in [-0.05, 0) is 6.08 Å². The number of hydrogen-bond acceptors (Lipinski definition) is 4. The van der Waals surface area contributed by atoms with Gasteiger partial charge in [-0.3, -0.25) is 0 Å². The van der Waals surface area contributed by atoms with Gasteiger partial charge in [-0.15, -0.1) is 0 Å². The number of aliphatic carboxylic acids is 1. The van der Waals surface area contributed by atoms with Crippen LogP contribution in [0.5, 0.6) is 0 Å². The first kappa shape index (κ1) is 9.47. The number of carboxylic acids is 1. The fourth-order valence-corrected chi connectivity index (χ4v) is 0.772. The summed E-state index contributed by atoms with van der Waals surface area (Å²) in [5.74, 6) is -0.941. The number of rotatable bonds is 2. The molecule has 0 unspecified atom stereocenters. The van der Waals surface area contributed by atoms with E-state index in [4.69, 9.17) is 22.4 Å². The molecule has 0 aliphatic heterocycles. The van der Waals surface area contributed by atoms with Crippen LogP contribution in [0.2, 0.25) is 5.15 Å². The minimum atomic E-state index is -1.06. The molecule has 13 heavy (non-hydrogen) atoms. The van der Waals surface area contributed by atoms with Crippen molar-refractivity contribution in [3.05, 3.63) is 23.1 Å². The van der Waals surface area contributed by atoms with E-state index in [1.807, 2.05) is 0 Å². The van der Waals surface area contributed by atoms with Crippen molar-refractivity contribution in [1.29, 1.82) is 0 Å². The quantitative estimate of drug-likeness (QED) is 0.688. The molecule has 0 amide bonds. The average molecular weight is 200 g/mol. The van der Waals surface area contributed by atoms with Crippen LogP contribution in [0.15, 0.2) is 12.3 Å². The monoisotopic (exact) mass is 199 g/mol. The van der Waals surface area contributed by atoms with Crippen LogP contribution in [-0.2, 0) is 4.79 Å². The number of anilines is 1. The highest BCUT2D eigenvalue weighted by Gasteiger charge is 1.98. The van der Waals surface area contributed by atoms with Crippen LogP contribution in [0.4, 0.5) is 5.82 Å². The second-order valence-electron chi connectivity index (χ2n) is 2.14. The molecule has 0 aliphatic carbocycles. The van der Waals surface area contributed by atoms with Crippen molar-refractivity contribution < 1.29 is 9.90 Å².